The molecule has 1 saturated carbocycles. The molecule has 150 valence electrons. The van der Waals surface area contributed by atoms with Gasteiger partial charge in [0.1, 0.15) is 5.75 Å². The van der Waals surface area contributed by atoms with Crippen LogP contribution in [0.3, 0.4) is 0 Å². The van der Waals surface area contributed by atoms with Gasteiger partial charge in [0.25, 0.3) is 0 Å². The van der Waals surface area contributed by atoms with Gasteiger partial charge in [0, 0.05) is 0 Å². The molecular formula is C23H37BO3. The Morgan fingerprint density at radius 1 is 1.26 bits per heavy atom. The first-order valence-electron chi connectivity index (χ1n) is 10.7. The highest BCUT2D eigenvalue weighted by Gasteiger charge is 2.57. The number of methoxy groups -OCH3 is 1. The molecule has 0 aromatic heterocycles. The molecule has 3 atom stereocenters. The van der Waals surface area contributed by atoms with Gasteiger partial charge in [0.2, 0.25) is 0 Å². The lowest BCUT2D eigenvalue weighted by atomic mass is 9.61. The lowest BCUT2D eigenvalue weighted by Crippen LogP contribution is -2.52. The van der Waals surface area contributed by atoms with Crippen LogP contribution in [0.15, 0.2) is 18.2 Å². The van der Waals surface area contributed by atoms with Crippen LogP contribution in [0, 0.1) is 11.3 Å². The van der Waals surface area contributed by atoms with Crippen molar-refractivity contribution >= 4 is 7.12 Å². The summed E-state index contributed by atoms with van der Waals surface area (Å²) in [6.07, 6.45) is 5.54. The summed E-state index contributed by atoms with van der Waals surface area (Å²) in [6.45, 7) is 13.8. The summed E-state index contributed by atoms with van der Waals surface area (Å²) >= 11 is 0. The first kappa shape index (κ1) is 20.7. The molecule has 2 aliphatic rings. The van der Waals surface area contributed by atoms with Gasteiger partial charge in [-0.3, -0.25) is 0 Å². The fraction of sp³-hybridized carbons (Fsp3) is 0.739. The van der Waals surface area contributed by atoms with E-state index in [9.17, 15) is 0 Å². The second-order valence-electron chi connectivity index (χ2n) is 9.72. The van der Waals surface area contributed by atoms with Crippen molar-refractivity contribution in [2.24, 2.45) is 11.3 Å². The van der Waals surface area contributed by atoms with E-state index in [0.717, 1.165) is 31.3 Å². The summed E-state index contributed by atoms with van der Waals surface area (Å²) in [6, 6.07) is 6.57. The number of hydrogen-bond donors (Lipinski definition) is 0. The zero-order chi connectivity index (χ0) is 19.8. The minimum absolute atomic E-state index is 0.0735. The van der Waals surface area contributed by atoms with E-state index in [1.165, 1.54) is 17.5 Å². The molecule has 1 heterocycles. The largest absolute Gasteiger partial charge is 0.496 e. The molecule has 27 heavy (non-hydrogen) atoms. The van der Waals surface area contributed by atoms with Gasteiger partial charge in [-0.25, -0.2) is 0 Å². The van der Waals surface area contributed by atoms with Crippen LogP contribution in [-0.2, 0) is 15.7 Å². The van der Waals surface area contributed by atoms with Crippen molar-refractivity contribution in [3.8, 4) is 5.75 Å². The Labute approximate surface area is 166 Å². The highest BCUT2D eigenvalue weighted by molar-refractivity contribution is 6.45. The number of hydrogen-bond acceptors (Lipinski definition) is 3. The van der Waals surface area contributed by atoms with E-state index < -0.39 is 0 Å². The molecular weight excluding hydrogens is 335 g/mol. The maximum Gasteiger partial charge on any atom is 0.457 e. The van der Waals surface area contributed by atoms with E-state index in [-0.39, 0.29) is 18.8 Å². The molecule has 0 bridgehead atoms. The molecule has 2 fully saturated rings. The molecule has 0 radical (unpaired) electrons. The van der Waals surface area contributed by atoms with E-state index in [1.54, 1.807) is 7.11 Å². The topological polar surface area (TPSA) is 27.7 Å². The van der Waals surface area contributed by atoms with Gasteiger partial charge in [-0.2, -0.15) is 0 Å². The molecule has 1 aromatic rings. The Hall–Kier alpha value is -0.995. The smallest absolute Gasteiger partial charge is 0.457 e. The van der Waals surface area contributed by atoms with Gasteiger partial charge in [-0.1, -0.05) is 53.2 Å². The Bertz CT molecular complexity index is 657. The summed E-state index contributed by atoms with van der Waals surface area (Å²) in [7, 11) is 1.68. The Kier molecular flexibility index (Phi) is 5.98. The molecule has 1 aliphatic carbocycles. The zero-order valence-corrected chi connectivity index (χ0v) is 18.3. The minimum Gasteiger partial charge on any atom is -0.496 e. The Balaban J connectivity index is 1.60. The highest BCUT2D eigenvalue weighted by Crippen LogP contribution is 2.51. The van der Waals surface area contributed by atoms with E-state index in [4.69, 9.17) is 14.0 Å². The van der Waals surface area contributed by atoms with Gasteiger partial charge in [-0.15, -0.1) is 0 Å². The van der Waals surface area contributed by atoms with Crippen molar-refractivity contribution in [1.29, 1.82) is 0 Å². The first-order valence-corrected chi connectivity index (χ1v) is 10.7. The predicted octanol–water partition coefficient (Wildman–Crippen LogP) is 5.87. The Morgan fingerprint density at radius 2 is 2.00 bits per heavy atom. The van der Waals surface area contributed by atoms with Gasteiger partial charge >= 0.3 is 7.12 Å². The van der Waals surface area contributed by atoms with Crippen LogP contribution >= 0.6 is 0 Å². The average molecular weight is 372 g/mol. The second-order valence-corrected chi connectivity index (χ2v) is 9.72. The maximum atomic E-state index is 6.50. The predicted molar refractivity (Wildman–Crippen MR) is 113 cm³/mol. The number of benzene rings is 1. The quantitative estimate of drug-likeness (QED) is 0.585. The van der Waals surface area contributed by atoms with Crippen LogP contribution in [0.2, 0.25) is 6.32 Å². The molecule has 3 nitrogen and oxygen atoms in total. The molecule has 0 N–H and O–H groups in total. The SMILES string of the molecule is COc1ccc(C(C)C)cc1CCCB1O[C@@H]2CCC(C)(C)[C@H](C)[C@]2(C)O1. The third-order valence-corrected chi connectivity index (χ3v) is 7.28. The van der Waals surface area contributed by atoms with Crippen molar-refractivity contribution in [2.75, 3.05) is 7.11 Å². The first-order chi connectivity index (χ1) is 12.7. The van der Waals surface area contributed by atoms with Gasteiger partial charge in [0.15, 0.2) is 0 Å². The summed E-state index contributed by atoms with van der Waals surface area (Å²) in [4.78, 5) is 0. The lowest BCUT2D eigenvalue weighted by molar-refractivity contribution is -0.0836. The normalized spacial score (nSPS) is 29.9. The number of ether oxygens (including phenoxy) is 1. The van der Waals surface area contributed by atoms with Gasteiger partial charge < -0.3 is 14.0 Å². The van der Waals surface area contributed by atoms with Crippen LogP contribution < -0.4 is 4.74 Å². The van der Waals surface area contributed by atoms with E-state index >= 15 is 0 Å². The standard InChI is InChI=1S/C23H37BO3/c1-16(2)18-10-11-20(25-7)19(15-18)9-8-14-24-26-21-12-13-22(4,5)17(3)23(21,6)27-24/h10-11,15-17,21H,8-9,12-14H2,1-7H3/t17-,21+,23-/m0/s1. The van der Waals surface area contributed by atoms with Crippen LogP contribution in [0.5, 0.6) is 5.75 Å². The third-order valence-electron chi connectivity index (χ3n) is 7.28. The lowest BCUT2D eigenvalue weighted by Gasteiger charge is -2.49. The van der Waals surface area contributed by atoms with E-state index in [2.05, 4.69) is 59.7 Å². The van der Waals surface area contributed by atoms with Gasteiger partial charge in [-0.05, 0) is 67.0 Å². The van der Waals surface area contributed by atoms with Crippen LogP contribution in [0.1, 0.15) is 77.8 Å². The van der Waals surface area contributed by atoms with Crippen molar-refractivity contribution < 1.29 is 14.0 Å². The third kappa shape index (κ3) is 4.07. The second kappa shape index (κ2) is 7.79. The van der Waals surface area contributed by atoms with Crippen LogP contribution in [0.4, 0.5) is 0 Å². The maximum absolute atomic E-state index is 6.50. The summed E-state index contributed by atoms with van der Waals surface area (Å²) < 4.78 is 18.4. The number of fused-ring (bicyclic) bond motifs is 1. The number of aryl methyl sites for hydroxylation is 1. The van der Waals surface area contributed by atoms with Crippen LogP contribution in [-0.4, -0.2) is 25.9 Å². The van der Waals surface area contributed by atoms with Crippen molar-refractivity contribution in [2.45, 2.75) is 91.2 Å². The van der Waals surface area contributed by atoms with Crippen LogP contribution in [0.25, 0.3) is 0 Å². The summed E-state index contributed by atoms with van der Waals surface area (Å²) in [5, 5.41) is 0. The monoisotopic (exact) mass is 372 g/mol. The molecule has 4 heteroatoms. The molecule has 0 unspecified atom stereocenters. The van der Waals surface area contributed by atoms with Crippen molar-refractivity contribution in [1.82, 2.24) is 0 Å². The van der Waals surface area contributed by atoms with Crippen molar-refractivity contribution in [3.63, 3.8) is 0 Å². The van der Waals surface area contributed by atoms with E-state index in [1.807, 2.05) is 0 Å². The summed E-state index contributed by atoms with van der Waals surface area (Å²) in [5.74, 6) is 2.02. The molecule has 1 aliphatic heterocycles. The molecule has 1 saturated heterocycles. The summed E-state index contributed by atoms with van der Waals surface area (Å²) in [5.41, 5.74) is 2.82. The molecule has 0 spiro atoms. The zero-order valence-electron chi connectivity index (χ0n) is 18.3. The molecule has 1 aromatic carbocycles. The molecule has 0 amide bonds. The fourth-order valence-corrected chi connectivity index (χ4v) is 4.88. The minimum atomic E-state index is -0.151. The Morgan fingerprint density at radius 3 is 2.67 bits per heavy atom. The average Bonchev–Trinajstić information content (AvgIpc) is 2.96. The van der Waals surface area contributed by atoms with Gasteiger partial charge in [0.05, 0.1) is 18.8 Å². The molecule has 3 rings (SSSR count). The highest BCUT2D eigenvalue weighted by atomic mass is 16.7. The fourth-order valence-electron chi connectivity index (χ4n) is 4.88. The van der Waals surface area contributed by atoms with Crippen molar-refractivity contribution in [3.05, 3.63) is 29.3 Å². The van der Waals surface area contributed by atoms with E-state index in [0.29, 0.717) is 17.3 Å². The number of rotatable bonds is 6.